The maximum Gasteiger partial charge on any atom is 0.243 e. The fraction of sp³-hybridized carbons (Fsp3) is 0.412. The molecule has 0 aliphatic heterocycles. The van der Waals surface area contributed by atoms with E-state index in [1.165, 1.54) is 5.56 Å². The van der Waals surface area contributed by atoms with E-state index in [0.717, 1.165) is 30.7 Å². The highest BCUT2D eigenvalue weighted by atomic mass is 16.5. The standard InChI is InChI=1S/C17H23N2O/c1-14(2)20-17-8-7-16(12-15(17)3)6-5-9-19-11-10-18(4)13-19/h3,7-8,10-14H,5-6,9H2,1-2,4H3/q+1. The summed E-state index contributed by atoms with van der Waals surface area (Å²) in [6, 6.07) is 6.09. The Bertz CT molecular complexity index is 558. The van der Waals surface area contributed by atoms with Crippen LogP contribution >= 0.6 is 0 Å². The molecule has 106 valence electrons. The molecule has 3 heteroatoms. The first-order chi connectivity index (χ1) is 9.54. The van der Waals surface area contributed by atoms with Crippen LogP contribution in [-0.4, -0.2) is 10.7 Å². The molecule has 2 radical (unpaired) electrons. The van der Waals surface area contributed by atoms with Gasteiger partial charge in [-0.1, -0.05) is 12.1 Å². The number of hydrogen-bond donors (Lipinski definition) is 0. The summed E-state index contributed by atoms with van der Waals surface area (Å²) in [6.07, 6.45) is 8.50. The quantitative estimate of drug-likeness (QED) is 0.739. The van der Waals surface area contributed by atoms with Gasteiger partial charge in [0.2, 0.25) is 6.33 Å². The first-order valence-corrected chi connectivity index (χ1v) is 7.10. The molecule has 0 unspecified atom stereocenters. The van der Waals surface area contributed by atoms with Gasteiger partial charge in [0.1, 0.15) is 18.1 Å². The van der Waals surface area contributed by atoms with Crippen LogP contribution in [0.5, 0.6) is 5.75 Å². The number of benzene rings is 1. The van der Waals surface area contributed by atoms with Gasteiger partial charge in [-0.2, -0.15) is 0 Å². The van der Waals surface area contributed by atoms with Gasteiger partial charge in [-0.3, -0.25) is 0 Å². The molecule has 2 rings (SSSR count). The first kappa shape index (κ1) is 14.6. The van der Waals surface area contributed by atoms with Gasteiger partial charge in [0.25, 0.3) is 0 Å². The molecule has 0 saturated heterocycles. The molecule has 0 bridgehead atoms. The normalized spacial score (nSPS) is 11.1. The number of hydrogen-bond acceptors (Lipinski definition) is 1. The SMILES string of the molecule is [CH]c1cc(CCCn2cc[n+](C)c2)ccc1OC(C)C. The molecule has 0 aliphatic carbocycles. The van der Waals surface area contributed by atoms with Crippen molar-refractivity contribution < 1.29 is 9.30 Å². The van der Waals surface area contributed by atoms with Crippen LogP contribution in [0.25, 0.3) is 0 Å². The van der Waals surface area contributed by atoms with Crippen LogP contribution < -0.4 is 9.30 Å². The predicted octanol–water partition coefficient (Wildman–Crippen LogP) is 2.79. The van der Waals surface area contributed by atoms with E-state index in [1.807, 2.05) is 33.0 Å². The second-order valence-corrected chi connectivity index (χ2v) is 5.46. The third-order valence-corrected chi connectivity index (χ3v) is 3.14. The highest BCUT2D eigenvalue weighted by molar-refractivity contribution is 5.39. The smallest absolute Gasteiger partial charge is 0.243 e. The van der Waals surface area contributed by atoms with Gasteiger partial charge in [0, 0.05) is 6.92 Å². The van der Waals surface area contributed by atoms with E-state index >= 15 is 0 Å². The van der Waals surface area contributed by atoms with Crippen molar-refractivity contribution in [1.82, 2.24) is 4.57 Å². The zero-order chi connectivity index (χ0) is 14.5. The molecule has 3 nitrogen and oxygen atoms in total. The molecule has 0 atom stereocenters. The van der Waals surface area contributed by atoms with Gasteiger partial charge < -0.3 is 4.74 Å². The van der Waals surface area contributed by atoms with Gasteiger partial charge in [-0.05, 0) is 43.9 Å². The maximum absolute atomic E-state index is 6.02. The van der Waals surface area contributed by atoms with Crippen molar-refractivity contribution in [3.05, 3.63) is 55.0 Å². The Morgan fingerprint density at radius 3 is 2.75 bits per heavy atom. The maximum atomic E-state index is 6.02. The molecule has 0 fully saturated rings. The lowest BCUT2D eigenvalue weighted by Crippen LogP contribution is -2.23. The third-order valence-electron chi connectivity index (χ3n) is 3.14. The summed E-state index contributed by atoms with van der Waals surface area (Å²) in [5.41, 5.74) is 1.98. The fourth-order valence-electron chi connectivity index (χ4n) is 2.21. The largest absolute Gasteiger partial charge is 0.491 e. The molecule has 2 aromatic rings. The molecule has 0 saturated carbocycles. The lowest BCUT2D eigenvalue weighted by atomic mass is 10.1. The summed E-state index contributed by atoms with van der Waals surface area (Å²) in [6.45, 7) is 11.0. The third kappa shape index (κ3) is 4.12. The summed E-state index contributed by atoms with van der Waals surface area (Å²) in [5, 5.41) is 0. The lowest BCUT2D eigenvalue weighted by molar-refractivity contribution is -0.671. The summed E-state index contributed by atoms with van der Waals surface area (Å²) in [7, 11) is 2.03. The molecule has 20 heavy (non-hydrogen) atoms. The zero-order valence-corrected chi connectivity index (χ0v) is 12.5. The minimum absolute atomic E-state index is 0.151. The number of aryl methyl sites for hydroxylation is 3. The van der Waals surface area contributed by atoms with E-state index in [9.17, 15) is 0 Å². The monoisotopic (exact) mass is 271 g/mol. The zero-order valence-electron chi connectivity index (χ0n) is 12.5. The van der Waals surface area contributed by atoms with E-state index in [0.29, 0.717) is 0 Å². The number of ether oxygens (including phenoxy) is 1. The predicted molar refractivity (Wildman–Crippen MR) is 79.5 cm³/mol. The highest BCUT2D eigenvalue weighted by Crippen LogP contribution is 2.21. The Morgan fingerprint density at radius 2 is 2.15 bits per heavy atom. The van der Waals surface area contributed by atoms with Crippen LogP contribution in [-0.2, 0) is 20.0 Å². The van der Waals surface area contributed by atoms with Gasteiger partial charge in [-0.15, -0.1) is 0 Å². The Hall–Kier alpha value is -1.77. The van der Waals surface area contributed by atoms with Crippen molar-refractivity contribution in [3.8, 4) is 5.75 Å². The van der Waals surface area contributed by atoms with Gasteiger partial charge in [0.15, 0.2) is 0 Å². The van der Waals surface area contributed by atoms with Gasteiger partial charge >= 0.3 is 0 Å². The summed E-state index contributed by atoms with van der Waals surface area (Å²) in [4.78, 5) is 0. The van der Waals surface area contributed by atoms with Gasteiger partial charge in [0.05, 0.1) is 19.7 Å². The fourth-order valence-corrected chi connectivity index (χ4v) is 2.21. The molecule has 1 aromatic carbocycles. The molecule has 0 spiro atoms. The molecule has 0 N–H and O–H groups in total. The van der Waals surface area contributed by atoms with Crippen molar-refractivity contribution in [1.29, 1.82) is 0 Å². The molecule has 1 heterocycles. The van der Waals surface area contributed by atoms with Crippen molar-refractivity contribution in [2.75, 3.05) is 0 Å². The topological polar surface area (TPSA) is 18.0 Å². The minimum atomic E-state index is 0.151. The van der Waals surface area contributed by atoms with Crippen LogP contribution in [0.1, 0.15) is 31.4 Å². The van der Waals surface area contributed by atoms with E-state index in [-0.39, 0.29) is 6.10 Å². The second-order valence-electron chi connectivity index (χ2n) is 5.46. The van der Waals surface area contributed by atoms with E-state index in [2.05, 4.69) is 33.9 Å². The van der Waals surface area contributed by atoms with Crippen LogP contribution in [0.2, 0.25) is 0 Å². The summed E-state index contributed by atoms with van der Waals surface area (Å²) < 4.78 is 9.89. The van der Waals surface area contributed by atoms with Crippen molar-refractivity contribution in [2.24, 2.45) is 7.05 Å². The molecular weight excluding hydrogens is 248 g/mol. The number of imidazole rings is 1. The van der Waals surface area contributed by atoms with E-state index in [4.69, 9.17) is 11.7 Å². The van der Waals surface area contributed by atoms with Crippen LogP contribution in [0.4, 0.5) is 0 Å². The molecule has 0 amide bonds. The number of rotatable bonds is 6. The van der Waals surface area contributed by atoms with E-state index < -0.39 is 0 Å². The highest BCUT2D eigenvalue weighted by Gasteiger charge is 2.05. The molecular formula is C17H23N2O+. The first-order valence-electron chi connectivity index (χ1n) is 7.10. The van der Waals surface area contributed by atoms with Crippen LogP contribution in [0.15, 0.2) is 36.9 Å². The van der Waals surface area contributed by atoms with Crippen molar-refractivity contribution in [2.45, 2.75) is 39.3 Å². The average molecular weight is 271 g/mol. The molecule has 1 aromatic heterocycles. The second kappa shape index (κ2) is 6.60. The Morgan fingerprint density at radius 1 is 1.35 bits per heavy atom. The Labute approximate surface area is 121 Å². The van der Waals surface area contributed by atoms with Crippen molar-refractivity contribution >= 4 is 0 Å². The average Bonchev–Trinajstić information content (AvgIpc) is 2.78. The summed E-state index contributed by atoms with van der Waals surface area (Å²) >= 11 is 0. The lowest BCUT2D eigenvalue weighted by Gasteiger charge is -2.13. The Balaban J connectivity index is 1.88. The van der Waals surface area contributed by atoms with E-state index in [1.54, 1.807) is 0 Å². The van der Waals surface area contributed by atoms with Crippen LogP contribution in [0, 0.1) is 6.92 Å². The van der Waals surface area contributed by atoms with Crippen LogP contribution in [0.3, 0.4) is 0 Å². The van der Waals surface area contributed by atoms with Gasteiger partial charge in [-0.25, -0.2) is 9.13 Å². The molecule has 0 aliphatic rings. The number of nitrogens with zero attached hydrogens (tertiary/aromatic N) is 2. The minimum Gasteiger partial charge on any atom is -0.491 e. The van der Waals surface area contributed by atoms with Crippen molar-refractivity contribution in [3.63, 3.8) is 0 Å². The Kier molecular flexibility index (Phi) is 4.83. The number of aromatic nitrogens is 2. The summed E-state index contributed by atoms with van der Waals surface area (Å²) in [5.74, 6) is 0.779.